The number of rotatable bonds is 9. The van der Waals surface area contributed by atoms with Gasteiger partial charge in [-0.3, -0.25) is 4.99 Å². The molecular weight excluding hydrogens is 587 g/mol. The number of carboxylic acids is 1. The van der Waals surface area contributed by atoms with Crippen LogP contribution in [0.25, 0.3) is 0 Å². The van der Waals surface area contributed by atoms with Crippen molar-refractivity contribution in [3.63, 3.8) is 0 Å². The Bertz CT molecular complexity index is 1550. The maximum atomic E-state index is 11.9. The summed E-state index contributed by atoms with van der Waals surface area (Å²) in [5, 5.41) is 64.1. The second-order valence-electron chi connectivity index (χ2n) is 10.1. The van der Waals surface area contributed by atoms with Gasteiger partial charge in [0.2, 0.25) is 0 Å². The van der Waals surface area contributed by atoms with E-state index in [1.165, 1.54) is 19.2 Å². The Balaban J connectivity index is 0.00000442. The molecule has 5 atom stereocenters. The van der Waals surface area contributed by atoms with Crippen LogP contribution in [0.4, 0.5) is 0 Å². The van der Waals surface area contributed by atoms with E-state index in [2.05, 4.69) is 4.99 Å². The number of carboxylic acid groups (broad SMARTS) is 1. The average molecular weight is 619 g/mol. The van der Waals surface area contributed by atoms with Crippen molar-refractivity contribution in [2.75, 3.05) is 20.3 Å². The van der Waals surface area contributed by atoms with Crippen LogP contribution in [0.3, 0.4) is 0 Å². The Labute approximate surface area is 274 Å². The van der Waals surface area contributed by atoms with Gasteiger partial charge < -0.3 is 60.1 Å². The molecule has 0 aromatic heterocycles. The van der Waals surface area contributed by atoms with Crippen LogP contribution >= 0.6 is 0 Å². The molecule has 0 amide bonds. The minimum absolute atomic E-state index is 0. The molecule has 13 nitrogen and oxygen atoms in total. The van der Waals surface area contributed by atoms with E-state index < -0.39 is 42.2 Å². The van der Waals surface area contributed by atoms with Crippen LogP contribution in [0.15, 0.2) is 53.5 Å². The number of benzene rings is 3. The third-order valence-corrected chi connectivity index (χ3v) is 7.27. The summed E-state index contributed by atoms with van der Waals surface area (Å²) in [6, 6.07) is 10.2. The third kappa shape index (κ3) is 6.53. The largest absolute Gasteiger partial charge is 1.00 e. The number of hydrogen-bond acceptors (Lipinski definition) is 13. The number of methoxy groups -OCH3 is 1. The summed E-state index contributed by atoms with van der Waals surface area (Å²) in [5.41, 5.74) is 6.23. The van der Waals surface area contributed by atoms with E-state index >= 15 is 0 Å². The van der Waals surface area contributed by atoms with E-state index in [-0.39, 0.29) is 89.2 Å². The maximum Gasteiger partial charge on any atom is 1.00 e. The van der Waals surface area contributed by atoms with Crippen molar-refractivity contribution in [1.29, 1.82) is 0 Å². The van der Waals surface area contributed by atoms with Crippen LogP contribution < -0.4 is 59.3 Å². The third-order valence-electron chi connectivity index (χ3n) is 7.27. The molecule has 2 heterocycles. The van der Waals surface area contributed by atoms with Gasteiger partial charge in [0.1, 0.15) is 23.4 Å². The summed E-state index contributed by atoms with van der Waals surface area (Å²) in [4.78, 5) is 16.1. The van der Waals surface area contributed by atoms with Crippen molar-refractivity contribution in [3.8, 4) is 40.2 Å². The van der Waals surface area contributed by atoms with Crippen LogP contribution in [0.2, 0.25) is 0 Å². The summed E-state index contributed by atoms with van der Waals surface area (Å²) in [5.74, 6) is -1.63. The number of nitrogens with two attached hydrogens (primary N) is 1. The number of phenols is 3. The van der Waals surface area contributed by atoms with Gasteiger partial charge in [0.05, 0.1) is 37.0 Å². The van der Waals surface area contributed by atoms with Crippen LogP contribution in [0.1, 0.15) is 41.7 Å². The molecule has 5 unspecified atom stereocenters. The van der Waals surface area contributed by atoms with E-state index in [9.17, 15) is 35.4 Å². The predicted molar refractivity (Wildman–Crippen MR) is 149 cm³/mol. The number of aliphatic carboxylic acids is 1. The van der Waals surface area contributed by atoms with Crippen molar-refractivity contribution in [3.05, 3.63) is 65.2 Å². The number of fused-ring (bicyclic) bond motifs is 2. The van der Waals surface area contributed by atoms with Gasteiger partial charge in [-0.05, 0) is 49.2 Å². The van der Waals surface area contributed by atoms with Gasteiger partial charge in [-0.25, -0.2) is 0 Å². The van der Waals surface area contributed by atoms with Gasteiger partial charge >= 0.3 is 29.6 Å². The number of phenolic OH excluding ortho intramolecular Hbond substituents is 3. The number of carbonyl (C=O) groups is 1. The number of carbonyl (C=O) groups excluding carboxylic acids is 1. The molecule has 0 fully saturated rings. The van der Waals surface area contributed by atoms with Crippen LogP contribution in [-0.2, 0) is 4.79 Å². The van der Waals surface area contributed by atoms with E-state index in [4.69, 9.17) is 24.7 Å². The first-order valence-corrected chi connectivity index (χ1v) is 13.5. The van der Waals surface area contributed by atoms with E-state index in [0.29, 0.717) is 23.3 Å². The Morgan fingerprint density at radius 1 is 0.977 bits per heavy atom. The van der Waals surface area contributed by atoms with Crippen molar-refractivity contribution >= 4 is 11.7 Å². The SMILES string of the molecule is COc1cc(C2Oc3cc(C4Oc5cc(O)cc(O)c5C(=NC(CCCN)C(=O)[O-])C4O)ccc3OC2CO)ccc1O.[Na+]. The number of aliphatic imine (C=N–C) groups is 1. The number of hydrogen-bond donors (Lipinski definition) is 6. The van der Waals surface area contributed by atoms with Crippen molar-refractivity contribution in [2.45, 2.75) is 43.3 Å². The number of nitrogens with zero attached hydrogens (tertiary/aromatic N) is 1. The fourth-order valence-electron chi connectivity index (χ4n) is 5.15. The number of aromatic hydroxyl groups is 3. The molecule has 2 aliphatic rings. The molecule has 44 heavy (non-hydrogen) atoms. The average Bonchev–Trinajstić information content (AvgIpc) is 2.99. The molecule has 0 radical (unpaired) electrons. The van der Waals surface area contributed by atoms with E-state index in [1.54, 1.807) is 30.3 Å². The summed E-state index contributed by atoms with van der Waals surface area (Å²) >= 11 is 0. The number of ether oxygens (including phenoxy) is 4. The Hall–Kier alpha value is -3.72. The fraction of sp³-hybridized carbons (Fsp3) is 0.333. The first-order chi connectivity index (χ1) is 20.6. The quantitative estimate of drug-likeness (QED) is 0.141. The Morgan fingerprint density at radius 2 is 1.68 bits per heavy atom. The predicted octanol–water partition coefficient (Wildman–Crippen LogP) is -2.17. The zero-order chi connectivity index (χ0) is 30.8. The second kappa shape index (κ2) is 13.9. The normalized spacial score (nSPS) is 21.9. The van der Waals surface area contributed by atoms with Gasteiger partial charge in [0, 0.05) is 17.7 Å². The Kier molecular flexibility index (Phi) is 10.5. The van der Waals surface area contributed by atoms with Crippen molar-refractivity contribution in [2.24, 2.45) is 10.7 Å². The smallest absolute Gasteiger partial charge is 0.548 e. The van der Waals surface area contributed by atoms with Crippen LogP contribution in [-0.4, -0.2) is 75.7 Å². The van der Waals surface area contributed by atoms with E-state index in [0.717, 1.165) is 6.07 Å². The van der Waals surface area contributed by atoms with Crippen LogP contribution in [0, 0.1) is 0 Å². The molecule has 0 bridgehead atoms. The molecule has 0 aliphatic carbocycles. The maximum absolute atomic E-state index is 11.9. The van der Waals surface area contributed by atoms with Gasteiger partial charge in [-0.1, -0.05) is 12.1 Å². The minimum Gasteiger partial charge on any atom is -0.548 e. The summed E-state index contributed by atoms with van der Waals surface area (Å²) in [6.45, 7) is -0.169. The minimum atomic E-state index is -1.56. The van der Waals surface area contributed by atoms with Crippen molar-refractivity contribution in [1.82, 2.24) is 0 Å². The fourth-order valence-corrected chi connectivity index (χ4v) is 5.15. The van der Waals surface area contributed by atoms with Gasteiger partial charge in [-0.15, -0.1) is 0 Å². The molecule has 2 aliphatic heterocycles. The molecule has 5 rings (SSSR count). The van der Waals surface area contributed by atoms with Gasteiger partial charge in [-0.2, -0.15) is 0 Å². The van der Waals surface area contributed by atoms with E-state index in [1.807, 2.05) is 0 Å². The summed E-state index contributed by atoms with van der Waals surface area (Å²) < 4.78 is 23.4. The summed E-state index contributed by atoms with van der Waals surface area (Å²) in [6.07, 6.45) is -3.99. The molecule has 0 spiro atoms. The number of aliphatic hydroxyl groups excluding tert-OH is 2. The monoisotopic (exact) mass is 618 g/mol. The molecule has 3 aromatic carbocycles. The molecule has 0 saturated carbocycles. The number of aliphatic hydroxyl groups is 2. The molecular formula is C30H31N2NaO11. The van der Waals surface area contributed by atoms with Gasteiger partial charge in [0.15, 0.2) is 41.3 Å². The topological polar surface area (TPSA) is 217 Å². The molecule has 14 heteroatoms. The first kappa shape index (κ1) is 33.2. The zero-order valence-electron chi connectivity index (χ0n) is 24.0. The van der Waals surface area contributed by atoms with Crippen molar-refractivity contribution < 1.29 is 83.9 Å². The molecule has 228 valence electrons. The zero-order valence-corrected chi connectivity index (χ0v) is 26.0. The standard InChI is InChI=1S/C30H32N2O11.Na/c1-40-21-9-14(4-6-18(21)35)28-24(13-33)41-20-7-5-15(10-22(20)42-28)29-27(37)26(32-17(30(38)39)3-2-8-31)25-19(36)11-16(34)12-23(25)43-29;/h4-7,9-12,17,24,27-29,33-37H,2-3,8,13,31H2,1H3,(H,38,39);/q;+1/p-1. The molecule has 0 saturated heterocycles. The molecule has 3 aromatic rings. The second-order valence-corrected chi connectivity index (χ2v) is 10.1. The summed E-state index contributed by atoms with van der Waals surface area (Å²) in [7, 11) is 1.40. The Morgan fingerprint density at radius 3 is 2.36 bits per heavy atom. The first-order valence-electron chi connectivity index (χ1n) is 13.5. The van der Waals surface area contributed by atoms with Crippen LogP contribution in [0.5, 0.6) is 40.2 Å². The van der Waals surface area contributed by atoms with Gasteiger partial charge in [0.25, 0.3) is 0 Å². The molecule has 7 N–H and O–H groups in total.